The molecule has 1 aliphatic carbocycles. The van der Waals surface area contributed by atoms with Crippen molar-refractivity contribution >= 4 is 42.2 Å². The molecule has 0 saturated heterocycles. The highest BCUT2D eigenvalue weighted by Gasteiger charge is 2.27. The Hall–Kier alpha value is -1.04. The summed E-state index contributed by atoms with van der Waals surface area (Å²) in [6.45, 7) is 0. The molecule has 1 heterocycles. The zero-order valence-electron chi connectivity index (χ0n) is 11.7. The molecular weight excluding hydrogens is 299 g/mol. The van der Waals surface area contributed by atoms with Crippen LogP contribution in [-0.2, 0) is 4.79 Å². The minimum Gasteiger partial charge on any atom is -0.376 e. The van der Waals surface area contributed by atoms with Crippen molar-refractivity contribution in [3.63, 3.8) is 0 Å². The van der Waals surface area contributed by atoms with Gasteiger partial charge in [-0.3, -0.25) is 4.79 Å². The van der Waals surface area contributed by atoms with Crippen molar-refractivity contribution in [3.8, 4) is 0 Å². The van der Waals surface area contributed by atoms with E-state index in [4.69, 9.17) is 5.73 Å². The van der Waals surface area contributed by atoms with Gasteiger partial charge in [0.05, 0.1) is 11.9 Å². The van der Waals surface area contributed by atoms with Crippen LogP contribution in [0.5, 0.6) is 0 Å². The summed E-state index contributed by atoms with van der Waals surface area (Å²) in [7, 11) is 3.91. The number of carbonyl (C=O) groups is 1. The van der Waals surface area contributed by atoms with Crippen molar-refractivity contribution in [1.29, 1.82) is 0 Å². The average molecular weight is 321 g/mol. The summed E-state index contributed by atoms with van der Waals surface area (Å²) in [5, 5.41) is 2.85. The highest BCUT2D eigenvalue weighted by atomic mass is 35.5. The number of pyridine rings is 1. The van der Waals surface area contributed by atoms with Gasteiger partial charge in [-0.2, -0.15) is 0 Å². The number of aromatic nitrogens is 1. The number of hydrogen-bond donors (Lipinski definition) is 2. The van der Waals surface area contributed by atoms with Crippen LogP contribution in [0.1, 0.15) is 19.3 Å². The lowest BCUT2D eigenvalue weighted by Crippen LogP contribution is -2.23. The van der Waals surface area contributed by atoms with Gasteiger partial charge >= 0.3 is 0 Å². The topological polar surface area (TPSA) is 71.2 Å². The maximum Gasteiger partial charge on any atom is 0.228 e. The smallest absolute Gasteiger partial charge is 0.228 e. The number of rotatable bonds is 3. The SMILES string of the molecule is CN(C)c1ccc(NC(=O)C2CCC(N)C2)nc1.Cl.Cl. The van der Waals surface area contributed by atoms with Crippen LogP contribution < -0.4 is 16.0 Å². The zero-order chi connectivity index (χ0) is 13.1. The first-order valence-electron chi connectivity index (χ1n) is 6.26. The van der Waals surface area contributed by atoms with Crippen LogP contribution in [0.2, 0.25) is 0 Å². The highest BCUT2D eigenvalue weighted by Crippen LogP contribution is 2.25. The molecular formula is C13H22Cl2N4O. The van der Waals surface area contributed by atoms with Gasteiger partial charge in [-0.1, -0.05) is 0 Å². The number of halogens is 2. The number of amides is 1. The predicted molar refractivity (Wildman–Crippen MR) is 87.0 cm³/mol. The van der Waals surface area contributed by atoms with E-state index in [1.54, 1.807) is 6.20 Å². The van der Waals surface area contributed by atoms with E-state index in [9.17, 15) is 4.79 Å². The number of carbonyl (C=O) groups excluding carboxylic acids is 1. The van der Waals surface area contributed by atoms with Gasteiger partial charge in [0.2, 0.25) is 5.91 Å². The predicted octanol–water partition coefficient (Wildman–Crippen LogP) is 2.06. The molecule has 1 aliphatic rings. The lowest BCUT2D eigenvalue weighted by molar-refractivity contribution is -0.119. The van der Waals surface area contributed by atoms with Crippen molar-refractivity contribution in [3.05, 3.63) is 18.3 Å². The Bertz CT molecular complexity index is 425. The largest absolute Gasteiger partial charge is 0.376 e. The lowest BCUT2D eigenvalue weighted by atomic mass is 10.1. The fraction of sp³-hybridized carbons (Fsp3) is 0.538. The van der Waals surface area contributed by atoms with E-state index < -0.39 is 0 Å². The van der Waals surface area contributed by atoms with Gasteiger partial charge in [-0.05, 0) is 31.4 Å². The van der Waals surface area contributed by atoms with Crippen LogP contribution in [0.15, 0.2) is 18.3 Å². The molecule has 0 radical (unpaired) electrons. The fourth-order valence-electron chi connectivity index (χ4n) is 2.21. The van der Waals surface area contributed by atoms with E-state index in [1.165, 1.54) is 0 Å². The van der Waals surface area contributed by atoms with Crippen LogP contribution in [-0.4, -0.2) is 31.0 Å². The van der Waals surface area contributed by atoms with E-state index >= 15 is 0 Å². The lowest BCUT2D eigenvalue weighted by Gasteiger charge is -2.13. The molecule has 0 aliphatic heterocycles. The first-order valence-corrected chi connectivity index (χ1v) is 6.26. The van der Waals surface area contributed by atoms with Crippen LogP contribution in [0.3, 0.4) is 0 Å². The summed E-state index contributed by atoms with van der Waals surface area (Å²) >= 11 is 0. The number of nitrogens with two attached hydrogens (primary N) is 1. The second-order valence-corrected chi connectivity index (χ2v) is 5.06. The van der Waals surface area contributed by atoms with E-state index in [0.29, 0.717) is 5.82 Å². The fourth-order valence-corrected chi connectivity index (χ4v) is 2.21. The molecule has 1 saturated carbocycles. The molecule has 20 heavy (non-hydrogen) atoms. The number of nitrogens with one attached hydrogen (secondary N) is 1. The second kappa shape index (κ2) is 8.29. The molecule has 1 aromatic rings. The molecule has 0 aromatic carbocycles. The van der Waals surface area contributed by atoms with E-state index in [2.05, 4.69) is 10.3 Å². The summed E-state index contributed by atoms with van der Waals surface area (Å²) in [5.74, 6) is 0.675. The normalized spacial score (nSPS) is 20.6. The summed E-state index contributed by atoms with van der Waals surface area (Å²) in [4.78, 5) is 18.2. The Kier molecular flexibility index (Phi) is 7.86. The second-order valence-electron chi connectivity index (χ2n) is 5.06. The summed E-state index contributed by atoms with van der Waals surface area (Å²) in [5.41, 5.74) is 6.82. The monoisotopic (exact) mass is 320 g/mol. The van der Waals surface area contributed by atoms with Gasteiger partial charge in [0.1, 0.15) is 5.82 Å². The Morgan fingerprint density at radius 2 is 2.05 bits per heavy atom. The first kappa shape index (κ1) is 19.0. The van der Waals surface area contributed by atoms with Crippen molar-refractivity contribution in [2.45, 2.75) is 25.3 Å². The average Bonchev–Trinajstić information content (AvgIpc) is 2.76. The Morgan fingerprint density at radius 1 is 1.35 bits per heavy atom. The minimum absolute atomic E-state index is 0. The van der Waals surface area contributed by atoms with Gasteiger partial charge in [0.15, 0.2) is 0 Å². The maximum atomic E-state index is 12.0. The summed E-state index contributed by atoms with van der Waals surface area (Å²) < 4.78 is 0. The van der Waals surface area contributed by atoms with Gasteiger partial charge < -0.3 is 16.0 Å². The Balaban J connectivity index is 0.00000180. The summed E-state index contributed by atoms with van der Waals surface area (Å²) in [6.07, 6.45) is 4.34. The first-order chi connectivity index (χ1) is 8.56. The van der Waals surface area contributed by atoms with Gasteiger partial charge in [-0.15, -0.1) is 24.8 Å². The maximum absolute atomic E-state index is 12.0. The van der Waals surface area contributed by atoms with Crippen molar-refractivity contribution < 1.29 is 4.79 Å². The van der Waals surface area contributed by atoms with E-state index in [0.717, 1.165) is 24.9 Å². The van der Waals surface area contributed by atoms with Gasteiger partial charge in [0.25, 0.3) is 0 Å². The minimum atomic E-state index is 0. The molecule has 3 N–H and O–H groups in total. The molecule has 2 atom stereocenters. The van der Waals surface area contributed by atoms with E-state index in [1.807, 2.05) is 31.1 Å². The standard InChI is InChI=1S/C13H20N4O.2ClH/c1-17(2)11-5-6-12(15-8-11)16-13(18)9-3-4-10(14)7-9;;/h5-6,8-10H,3-4,7,14H2,1-2H3,(H,15,16,18);2*1H. The molecule has 2 unspecified atom stereocenters. The molecule has 114 valence electrons. The van der Waals surface area contributed by atoms with Gasteiger partial charge in [-0.25, -0.2) is 4.98 Å². The third-order valence-electron chi connectivity index (χ3n) is 3.36. The molecule has 1 fully saturated rings. The third kappa shape index (κ3) is 4.81. The number of hydrogen-bond acceptors (Lipinski definition) is 4. The molecule has 7 heteroatoms. The van der Waals surface area contributed by atoms with E-state index in [-0.39, 0.29) is 42.7 Å². The van der Waals surface area contributed by atoms with Crippen LogP contribution in [0.4, 0.5) is 11.5 Å². The van der Waals surface area contributed by atoms with Gasteiger partial charge in [0, 0.05) is 26.1 Å². The molecule has 0 bridgehead atoms. The summed E-state index contributed by atoms with van der Waals surface area (Å²) in [6, 6.07) is 3.93. The van der Waals surface area contributed by atoms with Crippen LogP contribution in [0, 0.1) is 5.92 Å². The Morgan fingerprint density at radius 3 is 2.50 bits per heavy atom. The van der Waals surface area contributed by atoms with Crippen LogP contribution >= 0.6 is 24.8 Å². The van der Waals surface area contributed by atoms with Crippen molar-refractivity contribution in [1.82, 2.24) is 4.98 Å². The third-order valence-corrected chi connectivity index (χ3v) is 3.36. The molecule has 2 rings (SSSR count). The molecule has 5 nitrogen and oxygen atoms in total. The Labute approximate surface area is 132 Å². The molecule has 0 spiro atoms. The molecule has 1 aromatic heterocycles. The zero-order valence-corrected chi connectivity index (χ0v) is 13.3. The quantitative estimate of drug-likeness (QED) is 0.894. The van der Waals surface area contributed by atoms with Crippen molar-refractivity contribution in [2.75, 3.05) is 24.3 Å². The highest BCUT2D eigenvalue weighted by molar-refractivity contribution is 5.92. The number of nitrogens with zero attached hydrogens (tertiary/aromatic N) is 2. The van der Waals surface area contributed by atoms with Crippen LogP contribution in [0.25, 0.3) is 0 Å². The number of anilines is 2. The molecule has 1 amide bonds. The van der Waals surface area contributed by atoms with Crippen molar-refractivity contribution in [2.24, 2.45) is 11.7 Å².